The molecule has 218 valence electrons. The average Bonchev–Trinajstić information content (AvgIpc) is 3.48. The molecule has 3 heterocycles. The Morgan fingerprint density at radius 3 is 2.51 bits per heavy atom. The van der Waals surface area contributed by atoms with Crippen molar-refractivity contribution in [2.75, 3.05) is 19.8 Å². The van der Waals surface area contributed by atoms with Crippen LogP contribution < -0.4 is 0 Å². The van der Waals surface area contributed by atoms with Crippen molar-refractivity contribution in [2.45, 2.75) is 76.4 Å². The minimum Gasteiger partial charge on any atom is -0.463 e. The second kappa shape index (κ2) is 13.9. The van der Waals surface area contributed by atoms with Gasteiger partial charge in [0.05, 0.1) is 30.5 Å². The Labute approximate surface area is 243 Å². The fraction of sp³-hybridized carbons (Fsp3) is 0.500. The number of hydrogen-bond donors (Lipinski definition) is 1. The van der Waals surface area contributed by atoms with E-state index < -0.39 is 5.92 Å². The third kappa shape index (κ3) is 7.25. The highest BCUT2D eigenvalue weighted by Gasteiger charge is 2.37. The first-order valence-corrected chi connectivity index (χ1v) is 15.2. The van der Waals surface area contributed by atoms with E-state index in [2.05, 4.69) is 12.1 Å². The van der Waals surface area contributed by atoms with Crippen LogP contribution in [-0.2, 0) is 38.5 Å². The summed E-state index contributed by atoms with van der Waals surface area (Å²) < 4.78 is 5.85. The molecule has 3 aliphatic heterocycles. The molecule has 4 atom stereocenters. The standard InChI is InChI=1S/C34H42N2O5/c37-23-31-20-26-13-8-9-16-29(26)22-36(31)32(38)21-27-14-6-1-2-7-15-28(19-25-11-4-3-5-12-25)34(40)41-24-30-17-10-18-35(30)33(27)39/h1,3-6,8-9,11-13,16,27-28,30-31,37H,2,7,10,14-15,17-24H2. The molecule has 1 N–H and O–H groups in total. The summed E-state index contributed by atoms with van der Waals surface area (Å²) in [7, 11) is 0. The van der Waals surface area contributed by atoms with Crippen molar-refractivity contribution in [3.05, 3.63) is 83.4 Å². The quantitative estimate of drug-likeness (QED) is 0.433. The van der Waals surface area contributed by atoms with Gasteiger partial charge in [-0.15, -0.1) is 0 Å². The monoisotopic (exact) mass is 558 g/mol. The van der Waals surface area contributed by atoms with Gasteiger partial charge in [0, 0.05) is 19.5 Å². The first-order chi connectivity index (χ1) is 20.0. The molecule has 5 rings (SSSR count). The highest BCUT2D eigenvalue weighted by molar-refractivity contribution is 5.86. The summed E-state index contributed by atoms with van der Waals surface area (Å²) in [5, 5.41) is 10.1. The molecule has 7 nitrogen and oxygen atoms in total. The maximum absolute atomic E-state index is 13.9. The summed E-state index contributed by atoms with van der Waals surface area (Å²) in [4.78, 5) is 44.3. The number of amides is 2. The minimum atomic E-state index is -0.486. The van der Waals surface area contributed by atoms with Gasteiger partial charge in [0.25, 0.3) is 0 Å². The van der Waals surface area contributed by atoms with Crippen molar-refractivity contribution in [2.24, 2.45) is 11.8 Å². The minimum absolute atomic E-state index is 0.0441. The van der Waals surface area contributed by atoms with Crippen LogP contribution in [0.3, 0.4) is 0 Å². The average molecular weight is 559 g/mol. The normalized spacial score (nSPS) is 25.7. The lowest BCUT2D eigenvalue weighted by molar-refractivity contribution is -0.153. The van der Waals surface area contributed by atoms with Gasteiger partial charge in [-0.05, 0) is 68.1 Å². The Kier molecular flexibility index (Phi) is 9.88. The third-order valence-corrected chi connectivity index (χ3v) is 8.90. The molecule has 2 aromatic carbocycles. The second-order valence-corrected chi connectivity index (χ2v) is 11.7. The summed E-state index contributed by atoms with van der Waals surface area (Å²) in [6.07, 6.45) is 10.0. The van der Waals surface area contributed by atoms with E-state index in [-0.39, 0.29) is 55.4 Å². The molecule has 7 heteroatoms. The number of rotatable bonds is 5. The van der Waals surface area contributed by atoms with E-state index in [0.717, 1.165) is 48.8 Å². The molecule has 4 unspecified atom stereocenters. The van der Waals surface area contributed by atoms with Crippen molar-refractivity contribution in [3.8, 4) is 0 Å². The van der Waals surface area contributed by atoms with Crippen LogP contribution in [0, 0.1) is 11.8 Å². The number of aliphatic hydroxyl groups excluding tert-OH is 1. The highest BCUT2D eigenvalue weighted by Crippen LogP contribution is 2.28. The Morgan fingerprint density at radius 1 is 0.927 bits per heavy atom. The van der Waals surface area contributed by atoms with E-state index in [0.29, 0.717) is 32.4 Å². The molecule has 0 spiro atoms. The van der Waals surface area contributed by atoms with Gasteiger partial charge in [0.1, 0.15) is 6.61 Å². The molecule has 2 aromatic rings. The predicted octanol–water partition coefficient (Wildman–Crippen LogP) is 4.46. The topological polar surface area (TPSA) is 87.2 Å². The van der Waals surface area contributed by atoms with Crippen LogP contribution in [-0.4, -0.2) is 64.5 Å². The SMILES string of the molecule is O=C1OCC2CCCN2C(=O)C(CC(=O)N2Cc3ccccc3CC2CO)CC=CCCCC1Cc1ccccc1. The first kappa shape index (κ1) is 29.1. The van der Waals surface area contributed by atoms with Crippen LogP contribution in [0.2, 0.25) is 0 Å². The van der Waals surface area contributed by atoms with Crippen LogP contribution >= 0.6 is 0 Å². The summed E-state index contributed by atoms with van der Waals surface area (Å²) in [5.74, 6) is -1.03. The first-order valence-electron chi connectivity index (χ1n) is 15.2. The van der Waals surface area contributed by atoms with Gasteiger partial charge in [-0.2, -0.15) is 0 Å². The lowest BCUT2D eigenvalue weighted by Gasteiger charge is -2.37. The summed E-state index contributed by atoms with van der Waals surface area (Å²) in [5.41, 5.74) is 3.37. The van der Waals surface area contributed by atoms with Crippen LogP contribution in [0.5, 0.6) is 0 Å². The molecule has 0 bridgehead atoms. The molecule has 0 saturated carbocycles. The highest BCUT2D eigenvalue weighted by atomic mass is 16.5. The van der Waals surface area contributed by atoms with Gasteiger partial charge in [-0.25, -0.2) is 0 Å². The molecule has 1 fully saturated rings. The number of nitrogens with zero attached hydrogens (tertiary/aromatic N) is 2. The van der Waals surface area contributed by atoms with Crippen LogP contribution in [0.25, 0.3) is 0 Å². The third-order valence-electron chi connectivity index (χ3n) is 8.90. The van der Waals surface area contributed by atoms with E-state index in [1.54, 1.807) is 4.90 Å². The lowest BCUT2D eigenvalue weighted by Crippen LogP contribution is -2.48. The Morgan fingerprint density at radius 2 is 1.71 bits per heavy atom. The number of hydrogen-bond acceptors (Lipinski definition) is 5. The van der Waals surface area contributed by atoms with Crippen molar-refractivity contribution in [3.63, 3.8) is 0 Å². The summed E-state index contributed by atoms with van der Waals surface area (Å²) in [6.45, 7) is 1.15. The molecule has 2 amide bonds. The number of fused-ring (bicyclic) bond motifs is 2. The molecule has 1 saturated heterocycles. The molecular weight excluding hydrogens is 516 g/mol. The van der Waals surface area contributed by atoms with Crippen molar-refractivity contribution < 1.29 is 24.2 Å². The van der Waals surface area contributed by atoms with Gasteiger partial charge >= 0.3 is 5.97 Å². The van der Waals surface area contributed by atoms with Gasteiger partial charge < -0.3 is 19.6 Å². The zero-order valence-corrected chi connectivity index (χ0v) is 23.8. The number of esters is 1. The summed E-state index contributed by atoms with van der Waals surface area (Å²) in [6, 6.07) is 17.6. The summed E-state index contributed by atoms with van der Waals surface area (Å²) >= 11 is 0. The molecule has 41 heavy (non-hydrogen) atoms. The van der Waals surface area contributed by atoms with Crippen molar-refractivity contribution >= 4 is 17.8 Å². The molecule has 0 aliphatic carbocycles. The maximum atomic E-state index is 13.9. The van der Waals surface area contributed by atoms with E-state index in [1.807, 2.05) is 59.5 Å². The number of carbonyl (C=O) groups is 3. The zero-order chi connectivity index (χ0) is 28.6. The van der Waals surface area contributed by atoms with Gasteiger partial charge in [-0.1, -0.05) is 66.7 Å². The Bertz CT molecular complexity index is 1230. The molecule has 3 aliphatic rings. The van der Waals surface area contributed by atoms with Gasteiger partial charge in [0.15, 0.2) is 0 Å². The van der Waals surface area contributed by atoms with E-state index >= 15 is 0 Å². The number of cyclic esters (lactones) is 1. The fourth-order valence-electron chi connectivity index (χ4n) is 6.53. The van der Waals surface area contributed by atoms with Gasteiger partial charge in [0.2, 0.25) is 11.8 Å². The molecule has 0 radical (unpaired) electrons. The number of aliphatic hydroxyl groups is 1. The smallest absolute Gasteiger partial charge is 0.309 e. The predicted molar refractivity (Wildman–Crippen MR) is 157 cm³/mol. The Balaban J connectivity index is 1.29. The second-order valence-electron chi connectivity index (χ2n) is 11.7. The van der Waals surface area contributed by atoms with Crippen molar-refractivity contribution in [1.82, 2.24) is 9.80 Å². The molecule has 0 aromatic heterocycles. The number of carbonyl (C=O) groups excluding carboxylic acids is 3. The Hall–Kier alpha value is -3.45. The largest absolute Gasteiger partial charge is 0.463 e. The molecular formula is C34H42N2O5. The lowest BCUT2D eigenvalue weighted by atomic mass is 9.92. The van der Waals surface area contributed by atoms with Crippen LogP contribution in [0.15, 0.2) is 66.7 Å². The zero-order valence-electron chi connectivity index (χ0n) is 23.8. The number of ether oxygens (including phenoxy) is 1. The van der Waals surface area contributed by atoms with Crippen LogP contribution in [0.4, 0.5) is 0 Å². The van der Waals surface area contributed by atoms with E-state index in [4.69, 9.17) is 4.74 Å². The van der Waals surface area contributed by atoms with E-state index in [9.17, 15) is 19.5 Å². The fourth-order valence-corrected chi connectivity index (χ4v) is 6.53. The van der Waals surface area contributed by atoms with Crippen LogP contribution in [0.1, 0.15) is 61.6 Å². The maximum Gasteiger partial charge on any atom is 0.309 e. The number of benzene rings is 2. The number of allylic oxidation sites excluding steroid dienone is 2. The van der Waals surface area contributed by atoms with Crippen molar-refractivity contribution in [1.29, 1.82) is 0 Å². The van der Waals surface area contributed by atoms with Gasteiger partial charge in [-0.3, -0.25) is 14.4 Å². The van der Waals surface area contributed by atoms with E-state index in [1.165, 1.54) is 0 Å².